The van der Waals surface area contributed by atoms with Crippen LogP contribution in [0.2, 0.25) is 0 Å². The first-order valence-corrected chi connectivity index (χ1v) is 7.63. The zero-order valence-electron chi connectivity index (χ0n) is 11.3. The topological polar surface area (TPSA) is 47.3 Å². The summed E-state index contributed by atoms with van der Waals surface area (Å²) in [6.07, 6.45) is 4.81. The molecule has 1 aromatic carbocycles. The molecular formula is C15H17BrN2O2. The molecule has 3 rings (SSSR count). The molecule has 0 saturated carbocycles. The van der Waals surface area contributed by atoms with Crippen LogP contribution >= 0.6 is 15.9 Å². The minimum atomic E-state index is -0.494. The molecule has 5 heteroatoms. The first-order chi connectivity index (χ1) is 9.67. The molecule has 0 radical (unpaired) electrons. The summed E-state index contributed by atoms with van der Waals surface area (Å²) < 4.78 is 8.89. The second-order valence-electron chi connectivity index (χ2n) is 5.08. The molecule has 2 heterocycles. The smallest absolute Gasteiger partial charge is 0.130 e. The number of aliphatic hydroxyl groups excluding tert-OH is 1. The Kier molecular flexibility index (Phi) is 3.81. The molecule has 0 fully saturated rings. The van der Waals surface area contributed by atoms with Crippen LogP contribution in [0.15, 0.2) is 35.1 Å². The van der Waals surface area contributed by atoms with E-state index in [9.17, 15) is 5.11 Å². The van der Waals surface area contributed by atoms with Crippen molar-refractivity contribution in [3.63, 3.8) is 0 Å². The predicted molar refractivity (Wildman–Crippen MR) is 79.6 cm³/mol. The number of aryl methyl sites for hydroxylation is 1. The lowest BCUT2D eigenvalue weighted by Crippen LogP contribution is -2.18. The fourth-order valence-electron chi connectivity index (χ4n) is 2.52. The van der Waals surface area contributed by atoms with E-state index in [1.807, 2.05) is 35.3 Å². The summed E-state index contributed by atoms with van der Waals surface area (Å²) in [4.78, 5) is 0. The normalized spacial score (nSPS) is 21.4. The molecule has 2 aromatic rings. The number of aromatic nitrogens is 2. The maximum atomic E-state index is 10.3. The number of nitrogens with zero attached hydrogens (tertiary/aromatic N) is 2. The van der Waals surface area contributed by atoms with E-state index < -0.39 is 6.10 Å². The molecule has 1 aliphatic heterocycles. The molecular weight excluding hydrogens is 320 g/mol. The van der Waals surface area contributed by atoms with Crippen molar-refractivity contribution in [2.45, 2.75) is 38.5 Å². The summed E-state index contributed by atoms with van der Waals surface area (Å²) in [5.41, 5.74) is 1.87. The molecule has 0 aliphatic carbocycles. The molecule has 20 heavy (non-hydrogen) atoms. The lowest BCUT2D eigenvalue weighted by Gasteiger charge is -2.29. The average molecular weight is 337 g/mol. The van der Waals surface area contributed by atoms with Crippen molar-refractivity contribution < 1.29 is 9.84 Å². The Hall–Kier alpha value is -1.33. The highest BCUT2D eigenvalue weighted by molar-refractivity contribution is 9.10. The maximum Gasteiger partial charge on any atom is 0.130 e. The largest absolute Gasteiger partial charge is 0.485 e. The van der Waals surface area contributed by atoms with Crippen molar-refractivity contribution in [1.82, 2.24) is 9.78 Å². The maximum absolute atomic E-state index is 10.3. The zero-order valence-corrected chi connectivity index (χ0v) is 12.9. The van der Waals surface area contributed by atoms with Crippen molar-refractivity contribution >= 4 is 15.9 Å². The van der Waals surface area contributed by atoms with Crippen LogP contribution in [-0.4, -0.2) is 14.9 Å². The van der Waals surface area contributed by atoms with E-state index in [0.717, 1.165) is 34.3 Å². The van der Waals surface area contributed by atoms with E-state index in [2.05, 4.69) is 28.0 Å². The predicted octanol–water partition coefficient (Wildman–Crippen LogP) is 3.61. The zero-order chi connectivity index (χ0) is 14.1. The molecule has 0 saturated heterocycles. The number of hydrogen-bond acceptors (Lipinski definition) is 3. The Balaban J connectivity index is 1.86. The summed E-state index contributed by atoms with van der Waals surface area (Å²) in [7, 11) is 0. The minimum absolute atomic E-state index is 0.141. The molecule has 2 atom stereocenters. The lowest BCUT2D eigenvalue weighted by atomic mass is 9.96. The van der Waals surface area contributed by atoms with Crippen LogP contribution in [0.3, 0.4) is 0 Å². The number of fused-ring (bicyclic) bond motifs is 1. The van der Waals surface area contributed by atoms with Gasteiger partial charge in [0.15, 0.2) is 0 Å². The molecule has 4 nitrogen and oxygen atoms in total. The van der Waals surface area contributed by atoms with Crippen LogP contribution < -0.4 is 4.74 Å². The van der Waals surface area contributed by atoms with Crippen molar-refractivity contribution in [2.24, 2.45) is 0 Å². The second kappa shape index (κ2) is 5.58. The van der Waals surface area contributed by atoms with E-state index in [1.54, 1.807) is 0 Å². The molecule has 1 aliphatic rings. The van der Waals surface area contributed by atoms with Crippen molar-refractivity contribution in [1.29, 1.82) is 0 Å². The highest BCUT2D eigenvalue weighted by Crippen LogP contribution is 2.41. The van der Waals surface area contributed by atoms with Gasteiger partial charge in [-0.3, -0.25) is 4.68 Å². The number of hydrogen-bond donors (Lipinski definition) is 1. The Morgan fingerprint density at radius 3 is 3.15 bits per heavy atom. The fourth-order valence-corrected chi connectivity index (χ4v) is 2.86. The summed E-state index contributed by atoms with van der Waals surface area (Å²) in [6, 6.07) is 5.73. The highest BCUT2D eigenvalue weighted by atomic mass is 79.9. The molecule has 1 N–H and O–H groups in total. The number of rotatable bonds is 3. The van der Waals surface area contributed by atoms with Crippen LogP contribution in [-0.2, 0) is 6.54 Å². The molecule has 0 spiro atoms. The molecule has 0 bridgehead atoms. The van der Waals surface area contributed by atoms with E-state index in [0.29, 0.717) is 6.42 Å². The van der Waals surface area contributed by atoms with Gasteiger partial charge >= 0.3 is 0 Å². The van der Waals surface area contributed by atoms with Gasteiger partial charge < -0.3 is 9.84 Å². The summed E-state index contributed by atoms with van der Waals surface area (Å²) in [5, 5.41) is 14.6. The number of ether oxygens (including phenoxy) is 1. The minimum Gasteiger partial charge on any atom is -0.485 e. The van der Waals surface area contributed by atoms with Gasteiger partial charge in [-0.1, -0.05) is 28.9 Å². The van der Waals surface area contributed by atoms with Crippen LogP contribution in [0.25, 0.3) is 0 Å². The first-order valence-electron chi connectivity index (χ1n) is 6.84. The van der Waals surface area contributed by atoms with Gasteiger partial charge in [-0.25, -0.2) is 0 Å². The van der Waals surface area contributed by atoms with Crippen molar-refractivity contribution in [3.8, 4) is 5.75 Å². The van der Waals surface area contributed by atoms with Gasteiger partial charge in [0.1, 0.15) is 11.9 Å². The standard InChI is InChI=1S/C15H17BrN2O2/c1-2-5-18-9-10(8-17-18)14-7-13(19)12-4-3-11(16)6-15(12)20-14/h3-4,6,8-9,13-14,19H,2,5,7H2,1H3/t13-,14?/m0/s1. The molecule has 106 valence electrons. The average Bonchev–Trinajstić information content (AvgIpc) is 2.87. The fraction of sp³-hybridized carbons (Fsp3) is 0.400. The first kappa shape index (κ1) is 13.6. The Bertz CT molecular complexity index is 612. The SMILES string of the molecule is CCCn1cc(C2C[C@H](O)c3ccc(Br)cc3O2)cn1. The Morgan fingerprint density at radius 1 is 1.50 bits per heavy atom. The molecule has 1 unspecified atom stereocenters. The monoisotopic (exact) mass is 336 g/mol. The third-order valence-electron chi connectivity index (χ3n) is 3.52. The van der Waals surface area contributed by atoms with Gasteiger partial charge in [-0.15, -0.1) is 0 Å². The quantitative estimate of drug-likeness (QED) is 0.931. The summed E-state index contributed by atoms with van der Waals surface area (Å²) in [6.45, 7) is 3.02. The third-order valence-corrected chi connectivity index (χ3v) is 4.01. The Morgan fingerprint density at radius 2 is 2.35 bits per heavy atom. The number of benzene rings is 1. The van der Waals surface area contributed by atoms with Gasteiger partial charge in [0.05, 0.1) is 12.3 Å². The van der Waals surface area contributed by atoms with E-state index in [-0.39, 0.29) is 6.10 Å². The lowest BCUT2D eigenvalue weighted by molar-refractivity contribution is 0.0656. The second-order valence-corrected chi connectivity index (χ2v) is 5.99. The van der Waals surface area contributed by atoms with Crippen LogP contribution in [0.4, 0.5) is 0 Å². The molecule has 0 amide bonds. The van der Waals surface area contributed by atoms with Gasteiger partial charge in [0.2, 0.25) is 0 Å². The van der Waals surface area contributed by atoms with Gasteiger partial charge in [-0.05, 0) is 18.6 Å². The van der Waals surface area contributed by atoms with Crippen LogP contribution in [0.1, 0.15) is 43.1 Å². The van der Waals surface area contributed by atoms with E-state index in [4.69, 9.17) is 4.74 Å². The third kappa shape index (κ3) is 2.60. The van der Waals surface area contributed by atoms with Gasteiger partial charge in [-0.2, -0.15) is 5.10 Å². The van der Waals surface area contributed by atoms with Gasteiger partial charge in [0, 0.05) is 34.8 Å². The van der Waals surface area contributed by atoms with E-state index >= 15 is 0 Å². The number of aliphatic hydroxyl groups is 1. The van der Waals surface area contributed by atoms with Crippen LogP contribution in [0.5, 0.6) is 5.75 Å². The number of halogens is 1. The molecule has 1 aromatic heterocycles. The summed E-state index contributed by atoms with van der Waals surface area (Å²) >= 11 is 3.43. The Labute approximate surface area is 126 Å². The van der Waals surface area contributed by atoms with Crippen LogP contribution in [0, 0.1) is 0 Å². The van der Waals surface area contributed by atoms with E-state index in [1.165, 1.54) is 0 Å². The van der Waals surface area contributed by atoms with Crippen molar-refractivity contribution in [2.75, 3.05) is 0 Å². The van der Waals surface area contributed by atoms with Gasteiger partial charge in [0.25, 0.3) is 0 Å². The highest BCUT2D eigenvalue weighted by Gasteiger charge is 2.28. The summed E-state index contributed by atoms with van der Waals surface area (Å²) in [5.74, 6) is 0.742. The van der Waals surface area contributed by atoms with Crippen molar-refractivity contribution in [3.05, 3.63) is 46.2 Å².